The van der Waals surface area contributed by atoms with Gasteiger partial charge >= 0.3 is 5.97 Å². The molecule has 0 aromatic carbocycles. The van der Waals surface area contributed by atoms with Gasteiger partial charge in [-0.3, -0.25) is 0 Å². The minimum atomic E-state index is -1.08. The summed E-state index contributed by atoms with van der Waals surface area (Å²) in [6, 6.07) is 0. The highest BCUT2D eigenvalue weighted by molar-refractivity contribution is 6.36. The molecule has 0 heterocycles. The second kappa shape index (κ2) is 4.35. The van der Waals surface area contributed by atoms with E-state index in [4.69, 9.17) is 16.3 Å². The first-order chi connectivity index (χ1) is 6.15. The van der Waals surface area contributed by atoms with Crippen LogP contribution in [0.25, 0.3) is 0 Å². The molecule has 0 bridgehead atoms. The molecule has 0 fully saturated rings. The average molecular weight is 219 g/mol. The first kappa shape index (κ1) is 13.5. The smallest absolute Gasteiger partial charge is 0.331 e. The number of hydrogen-bond donors (Lipinski definition) is 0. The van der Waals surface area contributed by atoms with Crippen LogP contribution in [0.4, 0.5) is 0 Å². The van der Waals surface area contributed by atoms with E-state index in [0.29, 0.717) is 0 Å². The number of ether oxygens (including phenoxy) is 1. The number of hydrogen-bond acceptors (Lipinski definition) is 2. The summed E-state index contributed by atoms with van der Waals surface area (Å²) in [4.78, 5) is 10.5. The summed E-state index contributed by atoms with van der Waals surface area (Å²) < 4.78 is 4.73. The SMILES string of the molecule is COC(=O)C(Cl)(C=C(C)C)C(C)(C)C. The zero-order valence-electron chi connectivity index (χ0n) is 9.77. The van der Waals surface area contributed by atoms with E-state index >= 15 is 0 Å². The van der Waals surface area contributed by atoms with Crippen LogP contribution in [0.3, 0.4) is 0 Å². The fourth-order valence-electron chi connectivity index (χ4n) is 1.13. The van der Waals surface area contributed by atoms with Crippen molar-refractivity contribution in [3.8, 4) is 0 Å². The Morgan fingerprint density at radius 1 is 1.29 bits per heavy atom. The normalized spacial score (nSPS) is 15.6. The molecular weight excluding hydrogens is 200 g/mol. The molecule has 3 heteroatoms. The van der Waals surface area contributed by atoms with E-state index in [1.807, 2.05) is 34.6 Å². The largest absolute Gasteiger partial charge is 0.467 e. The lowest BCUT2D eigenvalue weighted by Crippen LogP contribution is -2.44. The fourth-order valence-corrected chi connectivity index (χ4v) is 1.42. The van der Waals surface area contributed by atoms with E-state index in [1.54, 1.807) is 6.08 Å². The minimum absolute atomic E-state index is 0.376. The van der Waals surface area contributed by atoms with Gasteiger partial charge in [-0.2, -0.15) is 0 Å². The number of rotatable bonds is 2. The maximum Gasteiger partial charge on any atom is 0.331 e. The van der Waals surface area contributed by atoms with Crippen molar-refractivity contribution in [2.75, 3.05) is 7.11 Å². The molecule has 0 rings (SSSR count). The molecule has 2 nitrogen and oxygen atoms in total. The predicted molar refractivity (Wildman–Crippen MR) is 59.5 cm³/mol. The molecule has 0 aliphatic heterocycles. The number of carbonyl (C=O) groups is 1. The molecule has 0 amide bonds. The number of esters is 1. The van der Waals surface area contributed by atoms with Crippen molar-refractivity contribution in [3.63, 3.8) is 0 Å². The first-order valence-electron chi connectivity index (χ1n) is 4.58. The van der Waals surface area contributed by atoms with Crippen molar-refractivity contribution in [2.24, 2.45) is 5.41 Å². The molecular formula is C11H19ClO2. The Kier molecular flexibility index (Phi) is 4.19. The molecule has 0 aromatic heterocycles. The average Bonchev–Trinajstić information content (AvgIpc) is 1.99. The van der Waals surface area contributed by atoms with Gasteiger partial charge in [-0.05, 0) is 19.3 Å². The van der Waals surface area contributed by atoms with Gasteiger partial charge in [0, 0.05) is 0 Å². The van der Waals surface area contributed by atoms with Gasteiger partial charge < -0.3 is 4.74 Å². The standard InChI is InChI=1S/C11H19ClO2/c1-8(2)7-11(12,9(13)14-6)10(3,4)5/h7H,1-6H3. The third-order valence-electron chi connectivity index (χ3n) is 2.06. The lowest BCUT2D eigenvalue weighted by atomic mass is 9.79. The van der Waals surface area contributed by atoms with Gasteiger partial charge in [-0.1, -0.05) is 32.4 Å². The van der Waals surface area contributed by atoms with Gasteiger partial charge in [0.15, 0.2) is 4.87 Å². The second-order valence-corrected chi connectivity index (χ2v) is 5.27. The van der Waals surface area contributed by atoms with E-state index in [2.05, 4.69) is 0 Å². The van der Waals surface area contributed by atoms with Crippen molar-refractivity contribution in [1.29, 1.82) is 0 Å². The Labute approximate surface area is 91.3 Å². The van der Waals surface area contributed by atoms with Crippen LogP contribution in [0.1, 0.15) is 34.6 Å². The third kappa shape index (κ3) is 2.74. The monoisotopic (exact) mass is 218 g/mol. The van der Waals surface area contributed by atoms with Gasteiger partial charge in [-0.15, -0.1) is 11.6 Å². The highest BCUT2D eigenvalue weighted by Gasteiger charge is 2.46. The summed E-state index contributed by atoms with van der Waals surface area (Å²) in [5, 5.41) is 0. The number of carbonyl (C=O) groups excluding carboxylic acids is 1. The Balaban J connectivity index is 5.28. The van der Waals surface area contributed by atoms with Gasteiger partial charge in [0.05, 0.1) is 7.11 Å². The summed E-state index contributed by atoms with van der Waals surface area (Å²) >= 11 is 6.31. The summed E-state index contributed by atoms with van der Waals surface area (Å²) in [5.74, 6) is -0.409. The van der Waals surface area contributed by atoms with Crippen LogP contribution in [0, 0.1) is 5.41 Å². The van der Waals surface area contributed by atoms with Crippen molar-refractivity contribution in [2.45, 2.75) is 39.5 Å². The molecule has 0 saturated carbocycles. The van der Waals surface area contributed by atoms with Crippen LogP contribution in [0.15, 0.2) is 11.6 Å². The fraction of sp³-hybridized carbons (Fsp3) is 0.727. The van der Waals surface area contributed by atoms with E-state index in [9.17, 15) is 4.79 Å². The molecule has 0 aliphatic carbocycles. The van der Waals surface area contributed by atoms with Gasteiger partial charge in [0.2, 0.25) is 0 Å². The zero-order valence-corrected chi connectivity index (χ0v) is 10.5. The number of halogens is 1. The van der Waals surface area contributed by atoms with E-state index in [1.165, 1.54) is 7.11 Å². The highest BCUT2D eigenvalue weighted by atomic mass is 35.5. The van der Waals surface area contributed by atoms with Crippen LogP contribution in [-0.4, -0.2) is 18.0 Å². The summed E-state index contributed by atoms with van der Waals surface area (Å²) in [5.41, 5.74) is 0.624. The summed E-state index contributed by atoms with van der Waals surface area (Å²) in [6.07, 6.45) is 1.75. The number of alkyl halides is 1. The van der Waals surface area contributed by atoms with E-state index in [0.717, 1.165) is 5.57 Å². The number of allylic oxidation sites excluding steroid dienone is 1. The molecule has 0 spiro atoms. The lowest BCUT2D eigenvalue weighted by Gasteiger charge is -2.34. The van der Waals surface area contributed by atoms with E-state index < -0.39 is 10.8 Å². The maximum atomic E-state index is 11.6. The third-order valence-corrected chi connectivity index (χ3v) is 2.89. The van der Waals surface area contributed by atoms with Gasteiger partial charge in [0.25, 0.3) is 0 Å². The lowest BCUT2D eigenvalue weighted by molar-refractivity contribution is -0.145. The Hall–Kier alpha value is -0.500. The molecule has 0 aliphatic rings. The topological polar surface area (TPSA) is 26.3 Å². The van der Waals surface area contributed by atoms with Crippen molar-refractivity contribution in [3.05, 3.63) is 11.6 Å². The van der Waals surface area contributed by atoms with Crippen LogP contribution in [-0.2, 0) is 9.53 Å². The van der Waals surface area contributed by atoms with Gasteiger partial charge in [-0.25, -0.2) is 4.79 Å². The molecule has 82 valence electrons. The first-order valence-corrected chi connectivity index (χ1v) is 4.96. The minimum Gasteiger partial charge on any atom is -0.467 e. The predicted octanol–water partition coefficient (Wildman–Crippen LogP) is 3.15. The van der Waals surface area contributed by atoms with Crippen LogP contribution in [0.2, 0.25) is 0 Å². The molecule has 0 aromatic rings. The van der Waals surface area contributed by atoms with Crippen molar-refractivity contribution >= 4 is 17.6 Å². The van der Waals surface area contributed by atoms with Crippen molar-refractivity contribution in [1.82, 2.24) is 0 Å². The molecule has 14 heavy (non-hydrogen) atoms. The molecule has 0 radical (unpaired) electrons. The van der Waals surface area contributed by atoms with E-state index in [-0.39, 0.29) is 5.41 Å². The van der Waals surface area contributed by atoms with Crippen LogP contribution >= 0.6 is 11.6 Å². The maximum absolute atomic E-state index is 11.6. The van der Waals surface area contributed by atoms with Crippen molar-refractivity contribution < 1.29 is 9.53 Å². The molecule has 1 atom stereocenters. The van der Waals surface area contributed by atoms with Crippen LogP contribution in [0.5, 0.6) is 0 Å². The molecule has 0 N–H and O–H groups in total. The van der Waals surface area contributed by atoms with Gasteiger partial charge in [0.1, 0.15) is 0 Å². The number of methoxy groups -OCH3 is 1. The summed E-state index contributed by atoms with van der Waals surface area (Å²) in [7, 11) is 1.35. The summed E-state index contributed by atoms with van der Waals surface area (Å²) in [6.45, 7) is 9.56. The Morgan fingerprint density at radius 3 is 1.93 bits per heavy atom. The highest BCUT2D eigenvalue weighted by Crippen LogP contribution is 2.39. The molecule has 0 saturated heterocycles. The molecule has 1 unspecified atom stereocenters. The quantitative estimate of drug-likeness (QED) is 0.404. The Morgan fingerprint density at radius 2 is 1.71 bits per heavy atom. The van der Waals surface area contributed by atoms with Crippen LogP contribution < -0.4 is 0 Å². The zero-order chi connectivity index (χ0) is 11.6. The Bertz CT molecular complexity index is 247. The second-order valence-electron chi connectivity index (χ2n) is 4.68.